The number of benzene rings is 1. The zero-order chi connectivity index (χ0) is 10.8. The van der Waals surface area contributed by atoms with Crippen LogP contribution in [0.15, 0.2) is 28.7 Å². The average Bonchev–Trinajstić information content (AvgIpc) is 2.16. The van der Waals surface area contributed by atoms with Crippen molar-refractivity contribution in [1.29, 1.82) is 0 Å². The molecule has 0 heterocycles. The van der Waals surface area contributed by atoms with Gasteiger partial charge >= 0.3 is 0 Å². The van der Waals surface area contributed by atoms with Gasteiger partial charge in [0.2, 0.25) is 0 Å². The molecular weight excluding hydrogens is 242 g/mol. The lowest BCUT2D eigenvalue weighted by molar-refractivity contribution is 0.132. The van der Waals surface area contributed by atoms with Gasteiger partial charge in [0, 0.05) is 22.5 Å². The molecule has 0 aromatic heterocycles. The topological polar surface area (TPSA) is 46.2 Å². The minimum Gasteiger partial charge on any atom is -0.396 e. The van der Waals surface area contributed by atoms with E-state index < -0.39 is 0 Å². The summed E-state index contributed by atoms with van der Waals surface area (Å²) in [6, 6.07) is 7.73. The van der Waals surface area contributed by atoms with E-state index in [2.05, 4.69) is 15.9 Å². The highest BCUT2D eigenvalue weighted by Crippen LogP contribution is 2.31. The zero-order valence-electron chi connectivity index (χ0n) is 8.50. The smallest absolute Gasteiger partial charge is 0.0500 e. The van der Waals surface area contributed by atoms with Crippen molar-refractivity contribution < 1.29 is 5.11 Å². The molecule has 78 valence electrons. The zero-order valence-corrected chi connectivity index (χ0v) is 10.1. The van der Waals surface area contributed by atoms with Crippen LogP contribution in [0.1, 0.15) is 25.5 Å². The van der Waals surface area contributed by atoms with Crippen molar-refractivity contribution in [2.24, 2.45) is 11.1 Å². The fourth-order valence-electron chi connectivity index (χ4n) is 1.25. The number of hydrogen-bond donors (Lipinski definition) is 2. The average molecular weight is 258 g/mol. The molecule has 3 N–H and O–H groups in total. The first-order chi connectivity index (χ1) is 6.47. The summed E-state index contributed by atoms with van der Waals surface area (Å²) in [5.41, 5.74) is 6.82. The van der Waals surface area contributed by atoms with E-state index in [4.69, 9.17) is 5.73 Å². The van der Waals surface area contributed by atoms with Crippen LogP contribution in [0, 0.1) is 5.41 Å². The van der Waals surface area contributed by atoms with E-state index in [-0.39, 0.29) is 18.1 Å². The van der Waals surface area contributed by atoms with Gasteiger partial charge in [0.15, 0.2) is 0 Å². The Bertz CT molecular complexity index is 312. The van der Waals surface area contributed by atoms with Crippen molar-refractivity contribution >= 4 is 15.9 Å². The monoisotopic (exact) mass is 257 g/mol. The summed E-state index contributed by atoms with van der Waals surface area (Å²) in [6.07, 6.45) is 0. The Labute approximate surface area is 93.3 Å². The molecule has 2 nitrogen and oxygen atoms in total. The van der Waals surface area contributed by atoms with Crippen molar-refractivity contribution in [2.45, 2.75) is 19.9 Å². The van der Waals surface area contributed by atoms with Gasteiger partial charge in [0.05, 0.1) is 0 Å². The molecule has 0 aliphatic heterocycles. The second-order valence-corrected chi connectivity index (χ2v) is 5.10. The van der Waals surface area contributed by atoms with Crippen molar-refractivity contribution in [2.75, 3.05) is 6.61 Å². The number of nitrogens with two attached hydrogens (primary N) is 1. The predicted molar refractivity (Wildman–Crippen MR) is 61.9 cm³/mol. The largest absolute Gasteiger partial charge is 0.396 e. The van der Waals surface area contributed by atoms with E-state index in [1.54, 1.807) is 0 Å². The molecule has 1 aromatic rings. The quantitative estimate of drug-likeness (QED) is 0.874. The molecule has 0 saturated heterocycles. The number of halogens is 1. The summed E-state index contributed by atoms with van der Waals surface area (Å²) < 4.78 is 1.01. The Kier molecular flexibility index (Phi) is 3.70. The molecule has 0 unspecified atom stereocenters. The predicted octanol–water partition coefficient (Wildman–Crippen LogP) is 2.47. The van der Waals surface area contributed by atoms with Gasteiger partial charge in [-0.1, -0.05) is 41.9 Å². The van der Waals surface area contributed by atoms with Crippen molar-refractivity contribution in [1.82, 2.24) is 0 Å². The number of aliphatic hydroxyl groups excluding tert-OH is 1. The summed E-state index contributed by atoms with van der Waals surface area (Å²) in [7, 11) is 0. The van der Waals surface area contributed by atoms with E-state index in [0.29, 0.717) is 0 Å². The van der Waals surface area contributed by atoms with Gasteiger partial charge in [-0.15, -0.1) is 0 Å². The maximum absolute atomic E-state index is 9.20. The fourth-order valence-corrected chi connectivity index (χ4v) is 1.67. The highest BCUT2D eigenvalue weighted by Gasteiger charge is 2.26. The maximum Gasteiger partial charge on any atom is 0.0500 e. The number of aliphatic hydroxyl groups is 1. The van der Waals surface area contributed by atoms with Gasteiger partial charge < -0.3 is 10.8 Å². The van der Waals surface area contributed by atoms with Crippen molar-refractivity contribution in [3.05, 3.63) is 34.3 Å². The van der Waals surface area contributed by atoms with Crippen LogP contribution in [0.2, 0.25) is 0 Å². The molecule has 14 heavy (non-hydrogen) atoms. The first-order valence-corrected chi connectivity index (χ1v) is 5.38. The Hall–Kier alpha value is -0.380. The first-order valence-electron chi connectivity index (χ1n) is 4.59. The normalized spacial score (nSPS) is 14.1. The summed E-state index contributed by atoms with van der Waals surface area (Å²) in [6.45, 7) is 4.00. The van der Waals surface area contributed by atoms with E-state index >= 15 is 0 Å². The molecule has 1 aromatic carbocycles. The second kappa shape index (κ2) is 4.43. The van der Waals surface area contributed by atoms with Crippen LogP contribution in [0.4, 0.5) is 0 Å². The van der Waals surface area contributed by atoms with Gasteiger partial charge in [0.1, 0.15) is 0 Å². The summed E-state index contributed by atoms with van der Waals surface area (Å²) in [5, 5.41) is 9.20. The lowest BCUT2D eigenvalue weighted by atomic mass is 9.82. The molecule has 0 fully saturated rings. The van der Waals surface area contributed by atoms with E-state index in [0.717, 1.165) is 10.0 Å². The summed E-state index contributed by atoms with van der Waals surface area (Å²) >= 11 is 3.40. The SMILES string of the molecule is CC(C)(CO)[C@H](N)c1cccc(Br)c1. The third-order valence-corrected chi connectivity index (χ3v) is 2.95. The van der Waals surface area contributed by atoms with E-state index in [9.17, 15) is 5.11 Å². The molecule has 0 amide bonds. The highest BCUT2D eigenvalue weighted by atomic mass is 79.9. The Morgan fingerprint density at radius 1 is 1.50 bits per heavy atom. The number of hydrogen-bond acceptors (Lipinski definition) is 2. The summed E-state index contributed by atoms with van der Waals surface area (Å²) in [4.78, 5) is 0. The third kappa shape index (κ3) is 2.56. The van der Waals surface area contributed by atoms with E-state index in [1.165, 1.54) is 0 Å². The molecule has 0 aliphatic carbocycles. The van der Waals surface area contributed by atoms with Gasteiger partial charge in [-0.2, -0.15) is 0 Å². The molecule has 0 saturated carbocycles. The van der Waals surface area contributed by atoms with Gasteiger partial charge in [-0.05, 0) is 17.7 Å². The van der Waals surface area contributed by atoms with Gasteiger partial charge in [-0.3, -0.25) is 0 Å². The lowest BCUT2D eigenvalue weighted by Crippen LogP contribution is -2.32. The second-order valence-electron chi connectivity index (χ2n) is 4.18. The van der Waals surface area contributed by atoms with Gasteiger partial charge in [-0.25, -0.2) is 0 Å². The van der Waals surface area contributed by atoms with Crippen LogP contribution < -0.4 is 5.73 Å². The summed E-state index contributed by atoms with van der Waals surface area (Å²) in [5.74, 6) is 0. The molecule has 3 heteroatoms. The lowest BCUT2D eigenvalue weighted by Gasteiger charge is -2.29. The molecule has 0 radical (unpaired) electrons. The standard InChI is InChI=1S/C11H16BrNO/c1-11(2,7-14)10(13)8-4-3-5-9(12)6-8/h3-6,10,14H,7,13H2,1-2H3/t10-/m1/s1. The number of rotatable bonds is 3. The van der Waals surface area contributed by atoms with Crippen LogP contribution in [0.25, 0.3) is 0 Å². The Morgan fingerprint density at radius 2 is 2.14 bits per heavy atom. The van der Waals surface area contributed by atoms with Crippen LogP contribution in [0.3, 0.4) is 0 Å². The minimum absolute atomic E-state index is 0.0840. The molecule has 0 spiro atoms. The van der Waals surface area contributed by atoms with Crippen LogP contribution in [-0.4, -0.2) is 11.7 Å². The highest BCUT2D eigenvalue weighted by molar-refractivity contribution is 9.10. The fraction of sp³-hybridized carbons (Fsp3) is 0.455. The molecule has 0 aliphatic rings. The van der Waals surface area contributed by atoms with Crippen molar-refractivity contribution in [3.63, 3.8) is 0 Å². The van der Waals surface area contributed by atoms with Crippen molar-refractivity contribution in [3.8, 4) is 0 Å². The first kappa shape index (κ1) is 11.7. The van der Waals surface area contributed by atoms with Gasteiger partial charge in [0.25, 0.3) is 0 Å². The Balaban J connectivity index is 2.94. The maximum atomic E-state index is 9.20. The Morgan fingerprint density at radius 3 is 2.64 bits per heavy atom. The van der Waals surface area contributed by atoms with Crippen LogP contribution in [0.5, 0.6) is 0 Å². The van der Waals surface area contributed by atoms with E-state index in [1.807, 2.05) is 38.1 Å². The molecule has 1 rings (SSSR count). The van der Waals surface area contributed by atoms with Crippen LogP contribution >= 0.6 is 15.9 Å². The molecule has 1 atom stereocenters. The molecule has 0 bridgehead atoms. The molecular formula is C11H16BrNO. The third-order valence-electron chi connectivity index (χ3n) is 2.46. The minimum atomic E-state index is -0.291. The van der Waals surface area contributed by atoms with Crippen LogP contribution in [-0.2, 0) is 0 Å².